The Bertz CT molecular complexity index is 342. The first-order valence-electron chi connectivity index (χ1n) is 5.75. The molecule has 0 atom stereocenters. The summed E-state index contributed by atoms with van der Waals surface area (Å²) in [5.74, 6) is 0. The van der Waals surface area contributed by atoms with Gasteiger partial charge >= 0.3 is 0 Å². The molecule has 0 aliphatic heterocycles. The number of halogens is 1. The summed E-state index contributed by atoms with van der Waals surface area (Å²) in [6.07, 6.45) is 5.51. The molecule has 1 aliphatic carbocycles. The van der Waals surface area contributed by atoms with Gasteiger partial charge in [0.2, 0.25) is 0 Å². The van der Waals surface area contributed by atoms with Crippen LogP contribution in [-0.4, -0.2) is 34.2 Å². The molecule has 2 rings (SSSR count). The molecule has 16 heavy (non-hydrogen) atoms. The lowest BCUT2D eigenvalue weighted by Gasteiger charge is -2.37. The van der Waals surface area contributed by atoms with E-state index in [1.165, 1.54) is 19.3 Å². The Morgan fingerprint density at radius 1 is 1.50 bits per heavy atom. The van der Waals surface area contributed by atoms with Gasteiger partial charge in [-0.3, -0.25) is 9.88 Å². The molecule has 88 valence electrons. The van der Waals surface area contributed by atoms with Crippen molar-refractivity contribution < 1.29 is 5.11 Å². The molecule has 0 saturated heterocycles. The highest BCUT2D eigenvalue weighted by Gasteiger charge is 2.24. The van der Waals surface area contributed by atoms with Gasteiger partial charge in [0.25, 0.3) is 0 Å². The quantitative estimate of drug-likeness (QED) is 0.856. The van der Waals surface area contributed by atoms with E-state index in [1.54, 1.807) is 12.3 Å². The predicted molar refractivity (Wildman–Crippen MR) is 64.4 cm³/mol. The number of aliphatic hydroxyl groups is 1. The molecule has 0 spiro atoms. The SMILES string of the molecule is OCCN(Cc1cc(Cl)ccn1)C1CCC1. The highest BCUT2D eigenvalue weighted by atomic mass is 35.5. The van der Waals surface area contributed by atoms with E-state index in [9.17, 15) is 0 Å². The number of nitrogens with zero attached hydrogens (tertiary/aromatic N) is 2. The van der Waals surface area contributed by atoms with E-state index in [0.717, 1.165) is 23.8 Å². The third-order valence-electron chi connectivity index (χ3n) is 3.12. The molecule has 1 aromatic rings. The molecular weight excluding hydrogens is 224 g/mol. The Labute approximate surface area is 101 Å². The maximum absolute atomic E-state index is 9.05. The average molecular weight is 241 g/mol. The van der Waals surface area contributed by atoms with Crippen LogP contribution < -0.4 is 0 Å². The fourth-order valence-electron chi connectivity index (χ4n) is 2.01. The summed E-state index contributed by atoms with van der Waals surface area (Å²) in [4.78, 5) is 6.59. The van der Waals surface area contributed by atoms with Crippen LogP contribution in [0.15, 0.2) is 18.3 Å². The van der Waals surface area contributed by atoms with Crippen molar-refractivity contribution in [1.82, 2.24) is 9.88 Å². The average Bonchev–Trinajstić information content (AvgIpc) is 2.15. The maximum Gasteiger partial charge on any atom is 0.0558 e. The third kappa shape index (κ3) is 2.94. The normalized spacial score (nSPS) is 16.4. The highest BCUT2D eigenvalue weighted by Crippen LogP contribution is 2.25. The number of hydrogen-bond acceptors (Lipinski definition) is 3. The van der Waals surface area contributed by atoms with Crippen LogP contribution in [0.25, 0.3) is 0 Å². The van der Waals surface area contributed by atoms with E-state index < -0.39 is 0 Å². The van der Waals surface area contributed by atoms with Crippen LogP contribution in [0, 0.1) is 0 Å². The topological polar surface area (TPSA) is 36.4 Å². The zero-order valence-electron chi connectivity index (χ0n) is 9.27. The molecule has 3 nitrogen and oxygen atoms in total. The summed E-state index contributed by atoms with van der Waals surface area (Å²) in [5, 5.41) is 9.77. The van der Waals surface area contributed by atoms with E-state index in [2.05, 4.69) is 9.88 Å². The Kier molecular flexibility index (Phi) is 4.16. The minimum Gasteiger partial charge on any atom is -0.395 e. The Hall–Kier alpha value is -0.640. The van der Waals surface area contributed by atoms with Gasteiger partial charge in [-0.05, 0) is 25.0 Å². The van der Waals surface area contributed by atoms with Crippen LogP contribution in [0.3, 0.4) is 0 Å². The van der Waals surface area contributed by atoms with Gasteiger partial charge in [0.1, 0.15) is 0 Å². The molecule has 1 N–H and O–H groups in total. The second-order valence-corrected chi connectivity index (χ2v) is 4.68. The molecular formula is C12H17ClN2O. The van der Waals surface area contributed by atoms with E-state index >= 15 is 0 Å². The van der Waals surface area contributed by atoms with E-state index in [0.29, 0.717) is 6.04 Å². The van der Waals surface area contributed by atoms with Gasteiger partial charge in [-0.15, -0.1) is 0 Å². The fraction of sp³-hybridized carbons (Fsp3) is 0.583. The Morgan fingerprint density at radius 2 is 2.31 bits per heavy atom. The number of aliphatic hydroxyl groups excluding tert-OH is 1. The lowest BCUT2D eigenvalue weighted by atomic mass is 9.91. The molecule has 1 saturated carbocycles. The van der Waals surface area contributed by atoms with Crippen LogP contribution in [0.1, 0.15) is 25.0 Å². The summed E-state index contributed by atoms with van der Waals surface area (Å²) in [6.45, 7) is 1.71. The lowest BCUT2D eigenvalue weighted by molar-refractivity contribution is 0.0934. The summed E-state index contributed by atoms with van der Waals surface area (Å²) < 4.78 is 0. The molecule has 0 aromatic carbocycles. The van der Waals surface area contributed by atoms with Crippen LogP contribution in [0.4, 0.5) is 0 Å². The Balaban J connectivity index is 1.98. The predicted octanol–water partition coefficient (Wildman–Crippen LogP) is 2.08. The minimum absolute atomic E-state index is 0.205. The van der Waals surface area contributed by atoms with Gasteiger partial charge in [-0.1, -0.05) is 18.0 Å². The van der Waals surface area contributed by atoms with Gasteiger partial charge in [-0.25, -0.2) is 0 Å². The van der Waals surface area contributed by atoms with Crippen LogP contribution in [-0.2, 0) is 6.54 Å². The second-order valence-electron chi connectivity index (χ2n) is 4.24. The first-order chi connectivity index (χ1) is 7.79. The molecule has 1 fully saturated rings. The van der Waals surface area contributed by atoms with E-state index in [-0.39, 0.29) is 6.61 Å². The second kappa shape index (κ2) is 5.62. The van der Waals surface area contributed by atoms with Crippen LogP contribution in [0.5, 0.6) is 0 Å². The molecule has 1 aliphatic rings. The van der Waals surface area contributed by atoms with Gasteiger partial charge in [0, 0.05) is 30.4 Å². The number of rotatable bonds is 5. The first kappa shape index (κ1) is 11.8. The summed E-state index contributed by atoms with van der Waals surface area (Å²) in [6, 6.07) is 4.29. The van der Waals surface area contributed by atoms with Gasteiger partial charge < -0.3 is 5.11 Å². The molecule has 0 amide bonds. The third-order valence-corrected chi connectivity index (χ3v) is 3.36. The summed E-state index contributed by atoms with van der Waals surface area (Å²) in [5.41, 5.74) is 0.979. The number of aromatic nitrogens is 1. The van der Waals surface area contributed by atoms with Crippen molar-refractivity contribution in [3.8, 4) is 0 Å². The highest BCUT2D eigenvalue weighted by molar-refractivity contribution is 6.30. The molecule has 4 heteroatoms. The summed E-state index contributed by atoms with van der Waals surface area (Å²) in [7, 11) is 0. The fourth-order valence-corrected chi connectivity index (χ4v) is 2.20. The molecule has 0 bridgehead atoms. The summed E-state index contributed by atoms with van der Waals surface area (Å²) >= 11 is 5.92. The van der Waals surface area contributed by atoms with Gasteiger partial charge in [0.15, 0.2) is 0 Å². The molecule has 0 radical (unpaired) electrons. The number of pyridine rings is 1. The van der Waals surface area contributed by atoms with Crippen LogP contribution >= 0.6 is 11.6 Å². The van der Waals surface area contributed by atoms with Gasteiger partial charge in [-0.2, -0.15) is 0 Å². The van der Waals surface area contributed by atoms with Gasteiger partial charge in [0.05, 0.1) is 12.3 Å². The minimum atomic E-state index is 0.205. The standard InChI is InChI=1S/C12H17ClN2O/c13-10-4-5-14-11(8-10)9-15(6-7-16)12-2-1-3-12/h4-5,8,12,16H,1-3,6-7,9H2. The van der Waals surface area contributed by atoms with Crippen molar-refractivity contribution in [2.75, 3.05) is 13.2 Å². The largest absolute Gasteiger partial charge is 0.395 e. The number of hydrogen-bond donors (Lipinski definition) is 1. The van der Waals surface area contributed by atoms with Crippen molar-refractivity contribution >= 4 is 11.6 Å². The zero-order chi connectivity index (χ0) is 11.4. The molecule has 1 aromatic heterocycles. The van der Waals surface area contributed by atoms with E-state index in [4.69, 9.17) is 16.7 Å². The monoisotopic (exact) mass is 240 g/mol. The van der Waals surface area contributed by atoms with Crippen molar-refractivity contribution in [3.63, 3.8) is 0 Å². The van der Waals surface area contributed by atoms with Crippen LogP contribution in [0.2, 0.25) is 5.02 Å². The molecule has 0 unspecified atom stereocenters. The lowest BCUT2D eigenvalue weighted by Crippen LogP contribution is -2.41. The maximum atomic E-state index is 9.05. The van der Waals surface area contributed by atoms with Crippen molar-refractivity contribution in [1.29, 1.82) is 0 Å². The van der Waals surface area contributed by atoms with Crippen molar-refractivity contribution in [2.24, 2.45) is 0 Å². The first-order valence-corrected chi connectivity index (χ1v) is 6.13. The van der Waals surface area contributed by atoms with E-state index in [1.807, 2.05) is 6.07 Å². The smallest absolute Gasteiger partial charge is 0.0558 e. The van der Waals surface area contributed by atoms with Crippen molar-refractivity contribution in [3.05, 3.63) is 29.0 Å². The molecule has 1 heterocycles. The van der Waals surface area contributed by atoms with Crippen molar-refractivity contribution in [2.45, 2.75) is 31.8 Å². The zero-order valence-corrected chi connectivity index (χ0v) is 10.0. The Morgan fingerprint density at radius 3 is 2.88 bits per heavy atom.